The fraction of sp³-hybridized carbons (Fsp3) is 0.0556. The number of rotatable bonds is 3. The van der Waals surface area contributed by atoms with Crippen molar-refractivity contribution in [1.82, 2.24) is 4.57 Å². The minimum atomic E-state index is 0.0927. The number of hydrogen-bond acceptors (Lipinski definition) is 1. The highest BCUT2D eigenvalue weighted by molar-refractivity contribution is 6.00. The molecule has 2 heteroatoms. The molecular weight excluding hydrogens is 246 g/mol. The van der Waals surface area contributed by atoms with Crippen molar-refractivity contribution in [3.05, 3.63) is 78.6 Å². The van der Waals surface area contributed by atoms with Gasteiger partial charge >= 0.3 is 0 Å². The van der Waals surface area contributed by atoms with Crippen LogP contribution < -0.4 is 0 Å². The third-order valence-electron chi connectivity index (χ3n) is 3.39. The minimum Gasteiger partial charge on any atom is -0.324 e. The number of ketones is 1. The molecule has 0 amide bonds. The van der Waals surface area contributed by atoms with Gasteiger partial charge in [0.1, 0.15) is 0 Å². The SMILES string of the molecule is CC(=O)c1ccccc1-c1ccc(-n2cccc2)cc1. The molecule has 98 valence electrons. The Hall–Kier alpha value is -2.61. The second kappa shape index (κ2) is 5.17. The molecule has 0 N–H and O–H groups in total. The van der Waals surface area contributed by atoms with Crippen molar-refractivity contribution in [2.45, 2.75) is 6.92 Å². The standard InChI is InChI=1S/C18H15NO/c1-14(20)17-6-2-3-7-18(17)15-8-10-16(11-9-15)19-12-4-5-13-19/h2-13H,1H3. The first kappa shape index (κ1) is 12.4. The zero-order chi connectivity index (χ0) is 13.9. The predicted molar refractivity (Wildman–Crippen MR) is 81.2 cm³/mol. The van der Waals surface area contributed by atoms with Gasteiger partial charge in [-0.15, -0.1) is 0 Å². The lowest BCUT2D eigenvalue weighted by Crippen LogP contribution is -1.96. The topological polar surface area (TPSA) is 22.0 Å². The molecule has 0 aliphatic heterocycles. The van der Waals surface area contributed by atoms with E-state index in [4.69, 9.17) is 0 Å². The molecule has 0 aliphatic rings. The summed E-state index contributed by atoms with van der Waals surface area (Å²) in [5.74, 6) is 0.0927. The van der Waals surface area contributed by atoms with Gasteiger partial charge in [0.2, 0.25) is 0 Å². The summed E-state index contributed by atoms with van der Waals surface area (Å²) in [6.07, 6.45) is 4.02. The molecule has 0 aliphatic carbocycles. The lowest BCUT2D eigenvalue weighted by atomic mass is 9.97. The van der Waals surface area contributed by atoms with Crippen LogP contribution in [-0.2, 0) is 0 Å². The van der Waals surface area contributed by atoms with Gasteiger partial charge in [0, 0.05) is 23.6 Å². The van der Waals surface area contributed by atoms with E-state index >= 15 is 0 Å². The van der Waals surface area contributed by atoms with E-state index in [-0.39, 0.29) is 5.78 Å². The van der Waals surface area contributed by atoms with Crippen LogP contribution in [0.3, 0.4) is 0 Å². The number of aromatic nitrogens is 1. The second-order valence-corrected chi connectivity index (χ2v) is 4.74. The van der Waals surface area contributed by atoms with E-state index in [1.54, 1.807) is 6.92 Å². The first-order chi connectivity index (χ1) is 9.75. The van der Waals surface area contributed by atoms with E-state index in [2.05, 4.69) is 28.8 Å². The molecule has 0 saturated heterocycles. The third-order valence-corrected chi connectivity index (χ3v) is 3.39. The van der Waals surface area contributed by atoms with Crippen molar-refractivity contribution in [2.24, 2.45) is 0 Å². The summed E-state index contributed by atoms with van der Waals surface area (Å²) < 4.78 is 2.06. The van der Waals surface area contributed by atoms with E-state index in [0.717, 1.165) is 22.4 Å². The molecule has 0 saturated carbocycles. The maximum Gasteiger partial charge on any atom is 0.160 e. The van der Waals surface area contributed by atoms with Gasteiger partial charge in [0.05, 0.1) is 0 Å². The summed E-state index contributed by atoms with van der Waals surface area (Å²) in [4.78, 5) is 11.7. The quantitative estimate of drug-likeness (QED) is 0.642. The van der Waals surface area contributed by atoms with E-state index in [0.29, 0.717) is 0 Å². The first-order valence-corrected chi connectivity index (χ1v) is 6.59. The molecule has 3 rings (SSSR count). The van der Waals surface area contributed by atoms with Gasteiger partial charge in [0.25, 0.3) is 0 Å². The predicted octanol–water partition coefficient (Wildman–Crippen LogP) is 4.35. The maximum atomic E-state index is 11.7. The Kier molecular flexibility index (Phi) is 3.21. The molecule has 0 spiro atoms. The molecule has 20 heavy (non-hydrogen) atoms. The van der Waals surface area contributed by atoms with Crippen LogP contribution in [0.25, 0.3) is 16.8 Å². The van der Waals surface area contributed by atoms with Gasteiger partial charge in [-0.05, 0) is 42.3 Å². The Morgan fingerprint density at radius 2 is 1.50 bits per heavy atom. The fourth-order valence-electron chi connectivity index (χ4n) is 2.36. The van der Waals surface area contributed by atoms with Gasteiger partial charge in [-0.1, -0.05) is 36.4 Å². The Bertz CT molecular complexity index is 724. The highest BCUT2D eigenvalue weighted by Gasteiger charge is 2.08. The highest BCUT2D eigenvalue weighted by atomic mass is 16.1. The molecule has 0 bridgehead atoms. The smallest absolute Gasteiger partial charge is 0.160 e. The van der Waals surface area contributed by atoms with Crippen molar-refractivity contribution < 1.29 is 4.79 Å². The first-order valence-electron chi connectivity index (χ1n) is 6.59. The van der Waals surface area contributed by atoms with E-state index in [1.807, 2.05) is 48.8 Å². The minimum absolute atomic E-state index is 0.0927. The van der Waals surface area contributed by atoms with E-state index in [1.165, 1.54) is 0 Å². The molecule has 0 radical (unpaired) electrons. The highest BCUT2D eigenvalue weighted by Crippen LogP contribution is 2.25. The van der Waals surface area contributed by atoms with Crippen molar-refractivity contribution in [2.75, 3.05) is 0 Å². The maximum absolute atomic E-state index is 11.7. The van der Waals surface area contributed by atoms with Gasteiger partial charge in [-0.2, -0.15) is 0 Å². The zero-order valence-electron chi connectivity index (χ0n) is 11.3. The molecule has 2 aromatic carbocycles. The zero-order valence-corrected chi connectivity index (χ0v) is 11.3. The normalized spacial score (nSPS) is 10.4. The lowest BCUT2D eigenvalue weighted by Gasteiger charge is -2.08. The van der Waals surface area contributed by atoms with Crippen LogP contribution in [0.5, 0.6) is 0 Å². The summed E-state index contributed by atoms with van der Waals surface area (Å²) in [7, 11) is 0. The van der Waals surface area contributed by atoms with Crippen molar-refractivity contribution >= 4 is 5.78 Å². The van der Waals surface area contributed by atoms with Gasteiger partial charge in [0.15, 0.2) is 5.78 Å². The van der Waals surface area contributed by atoms with Crippen LogP contribution in [0.4, 0.5) is 0 Å². The van der Waals surface area contributed by atoms with Crippen LogP contribution in [0, 0.1) is 0 Å². The number of carbonyl (C=O) groups is 1. The van der Waals surface area contributed by atoms with Crippen molar-refractivity contribution in [3.8, 4) is 16.8 Å². The Morgan fingerprint density at radius 1 is 0.850 bits per heavy atom. The average molecular weight is 261 g/mol. The number of benzene rings is 2. The summed E-state index contributed by atoms with van der Waals surface area (Å²) in [5.41, 5.74) is 3.92. The van der Waals surface area contributed by atoms with Crippen LogP contribution in [-0.4, -0.2) is 10.4 Å². The van der Waals surface area contributed by atoms with Crippen LogP contribution in [0.15, 0.2) is 73.1 Å². The van der Waals surface area contributed by atoms with Gasteiger partial charge in [-0.3, -0.25) is 4.79 Å². The van der Waals surface area contributed by atoms with Crippen molar-refractivity contribution in [3.63, 3.8) is 0 Å². The summed E-state index contributed by atoms with van der Waals surface area (Å²) in [5, 5.41) is 0. The largest absolute Gasteiger partial charge is 0.324 e. The molecular formula is C18H15NO. The van der Waals surface area contributed by atoms with Crippen LogP contribution in [0.1, 0.15) is 17.3 Å². The molecule has 1 aromatic heterocycles. The molecule has 0 unspecified atom stereocenters. The molecule has 1 heterocycles. The fourth-order valence-corrected chi connectivity index (χ4v) is 2.36. The second-order valence-electron chi connectivity index (χ2n) is 4.74. The van der Waals surface area contributed by atoms with Crippen LogP contribution in [0.2, 0.25) is 0 Å². The number of Topliss-reactive ketones (excluding diaryl/α,β-unsaturated/α-hetero) is 1. The number of nitrogens with zero attached hydrogens (tertiary/aromatic N) is 1. The van der Waals surface area contributed by atoms with E-state index in [9.17, 15) is 4.79 Å². The summed E-state index contributed by atoms with van der Waals surface area (Å²) in [6.45, 7) is 1.60. The molecule has 0 atom stereocenters. The Labute approximate surface area is 118 Å². The Balaban J connectivity index is 2.02. The third kappa shape index (κ3) is 2.28. The monoisotopic (exact) mass is 261 g/mol. The summed E-state index contributed by atoms with van der Waals surface area (Å²) >= 11 is 0. The van der Waals surface area contributed by atoms with Crippen LogP contribution >= 0.6 is 0 Å². The summed E-state index contributed by atoms with van der Waals surface area (Å²) in [6, 6.07) is 19.9. The molecule has 0 fully saturated rings. The molecule has 3 aromatic rings. The average Bonchev–Trinajstić information content (AvgIpc) is 3.02. The van der Waals surface area contributed by atoms with Gasteiger partial charge < -0.3 is 4.57 Å². The van der Waals surface area contributed by atoms with Crippen molar-refractivity contribution in [1.29, 1.82) is 0 Å². The molecule has 2 nitrogen and oxygen atoms in total. The van der Waals surface area contributed by atoms with Gasteiger partial charge in [-0.25, -0.2) is 0 Å². The number of carbonyl (C=O) groups excluding carboxylic acids is 1. The lowest BCUT2D eigenvalue weighted by molar-refractivity contribution is 0.101. The Morgan fingerprint density at radius 3 is 2.15 bits per heavy atom. The number of hydrogen-bond donors (Lipinski definition) is 0. The van der Waals surface area contributed by atoms with E-state index < -0.39 is 0 Å².